The smallest absolute Gasteiger partial charge is 0.244 e. The Bertz CT molecular complexity index is 888. The van der Waals surface area contributed by atoms with Crippen LogP contribution in [0.3, 0.4) is 0 Å². The summed E-state index contributed by atoms with van der Waals surface area (Å²) in [7, 11) is 0. The maximum absolute atomic E-state index is 12.6. The molecule has 0 aliphatic carbocycles. The maximum Gasteiger partial charge on any atom is 0.244 e. The van der Waals surface area contributed by atoms with Crippen molar-refractivity contribution in [1.82, 2.24) is 20.0 Å². The Balaban J connectivity index is 1.49. The van der Waals surface area contributed by atoms with Crippen LogP contribution in [0.2, 0.25) is 0 Å². The van der Waals surface area contributed by atoms with Gasteiger partial charge in [0.2, 0.25) is 5.91 Å². The molecule has 1 heterocycles. The van der Waals surface area contributed by atoms with Crippen molar-refractivity contribution in [2.75, 3.05) is 13.1 Å². The number of fused-ring (bicyclic) bond motifs is 1. The van der Waals surface area contributed by atoms with Crippen molar-refractivity contribution in [2.24, 2.45) is 0 Å². The average molecular weight is 379 g/mol. The fourth-order valence-electron chi connectivity index (χ4n) is 3.39. The summed E-state index contributed by atoms with van der Waals surface area (Å²) in [5, 5.41) is 8.51. The van der Waals surface area contributed by atoms with Crippen LogP contribution in [0.4, 0.5) is 0 Å². The quantitative estimate of drug-likeness (QED) is 0.572. The second kappa shape index (κ2) is 9.51. The number of hydrogen-bond acceptors (Lipinski definition) is 3. The number of benzene rings is 2. The van der Waals surface area contributed by atoms with E-state index in [-0.39, 0.29) is 11.9 Å². The zero-order valence-corrected chi connectivity index (χ0v) is 17.0. The molecule has 1 aromatic heterocycles. The molecule has 1 N–H and O–H groups in total. The van der Waals surface area contributed by atoms with Gasteiger partial charge < -0.3 is 5.32 Å². The predicted molar refractivity (Wildman–Crippen MR) is 114 cm³/mol. The zero-order valence-electron chi connectivity index (χ0n) is 17.0. The lowest BCUT2D eigenvalue weighted by Gasteiger charge is -2.26. The number of para-hydroxylation sites is 1. The van der Waals surface area contributed by atoms with Gasteiger partial charge in [0.1, 0.15) is 6.04 Å². The minimum atomic E-state index is -0.328. The van der Waals surface area contributed by atoms with Crippen molar-refractivity contribution in [3.63, 3.8) is 0 Å². The number of nitrogens with zero attached hydrogens (tertiary/aromatic N) is 3. The molecule has 0 radical (unpaired) electrons. The van der Waals surface area contributed by atoms with E-state index >= 15 is 0 Å². The summed E-state index contributed by atoms with van der Waals surface area (Å²) in [4.78, 5) is 15.0. The van der Waals surface area contributed by atoms with Crippen LogP contribution in [-0.4, -0.2) is 39.7 Å². The van der Waals surface area contributed by atoms with E-state index in [0.29, 0.717) is 12.6 Å². The van der Waals surface area contributed by atoms with Gasteiger partial charge in [-0.2, -0.15) is 5.10 Å². The molecular formula is C23H30N4O. The Labute approximate surface area is 167 Å². The Morgan fingerprint density at radius 1 is 1.07 bits per heavy atom. The SMILES string of the molecule is CC(C)N(CCCNC(=O)C(C)n1ncc2ccccc21)Cc1ccccc1. The van der Waals surface area contributed by atoms with Crippen LogP contribution in [0.15, 0.2) is 60.8 Å². The molecule has 2 aromatic carbocycles. The summed E-state index contributed by atoms with van der Waals surface area (Å²) in [5.41, 5.74) is 2.30. The number of carbonyl (C=O) groups excluding carboxylic acids is 1. The molecule has 148 valence electrons. The highest BCUT2D eigenvalue weighted by molar-refractivity contribution is 5.84. The lowest BCUT2D eigenvalue weighted by molar-refractivity contribution is -0.124. The summed E-state index contributed by atoms with van der Waals surface area (Å²) in [6, 6.07) is 18.6. The molecule has 1 unspecified atom stereocenters. The van der Waals surface area contributed by atoms with Crippen LogP contribution in [0.5, 0.6) is 0 Å². The van der Waals surface area contributed by atoms with Gasteiger partial charge in [0.25, 0.3) is 0 Å². The first-order valence-electron chi connectivity index (χ1n) is 10.0. The molecule has 0 aliphatic heterocycles. The molecule has 5 heteroatoms. The van der Waals surface area contributed by atoms with Crippen molar-refractivity contribution in [1.29, 1.82) is 0 Å². The molecule has 3 aromatic rings. The normalized spacial score (nSPS) is 12.6. The molecule has 0 saturated carbocycles. The Hall–Kier alpha value is -2.66. The fraction of sp³-hybridized carbons (Fsp3) is 0.391. The summed E-state index contributed by atoms with van der Waals surface area (Å²) in [5.74, 6) is 0.00742. The molecule has 0 aliphatic rings. The van der Waals surface area contributed by atoms with E-state index in [1.54, 1.807) is 4.68 Å². The number of rotatable bonds is 9. The largest absolute Gasteiger partial charge is 0.354 e. The van der Waals surface area contributed by atoms with Gasteiger partial charge in [0, 0.05) is 31.1 Å². The van der Waals surface area contributed by atoms with Crippen LogP contribution in [0.25, 0.3) is 10.9 Å². The third kappa shape index (κ3) is 4.98. The van der Waals surface area contributed by atoms with Gasteiger partial charge in [0.15, 0.2) is 0 Å². The molecule has 28 heavy (non-hydrogen) atoms. The van der Waals surface area contributed by atoms with Crippen molar-refractivity contribution >= 4 is 16.8 Å². The van der Waals surface area contributed by atoms with Crippen molar-refractivity contribution in [2.45, 2.75) is 45.8 Å². The number of amides is 1. The lowest BCUT2D eigenvalue weighted by atomic mass is 10.2. The van der Waals surface area contributed by atoms with E-state index < -0.39 is 0 Å². The van der Waals surface area contributed by atoms with Crippen LogP contribution >= 0.6 is 0 Å². The Morgan fingerprint density at radius 2 is 1.79 bits per heavy atom. The maximum atomic E-state index is 12.6. The van der Waals surface area contributed by atoms with Gasteiger partial charge in [-0.05, 0) is 38.8 Å². The second-order valence-electron chi connectivity index (χ2n) is 7.52. The molecular weight excluding hydrogens is 348 g/mol. The van der Waals surface area contributed by atoms with Gasteiger partial charge in [0.05, 0.1) is 11.7 Å². The molecule has 0 bridgehead atoms. The number of carbonyl (C=O) groups is 1. The van der Waals surface area contributed by atoms with E-state index in [4.69, 9.17) is 0 Å². The third-order valence-electron chi connectivity index (χ3n) is 5.13. The topological polar surface area (TPSA) is 50.2 Å². The molecule has 3 rings (SSSR count). The standard InChI is InChI=1S/C23H30N4O/c1-18(2)26(17-20-10-5-4-6-11-20)15-9-14-24-23(28)19(3)27-22-13-8-7-12-21(22)16-25-27/h4-8,10-13,16,18-19H,9,14-15,17H2,1-3H3,(H,24,28). The molecule has 1 atom stereocenters. The molecule has 0 spiro atoms. The van der Waals surface area contributed by atoms with Crippen LogP contribution in [-0.2, 0) is 11.3 Å². The van der Waals surface area contributed by atoms with E-state index in [9.17, 15) is 4.79 Å². The number of hydrogen-bond donors (Lipinski definition) is 1. The lowest BCUT2D eigenvalue weighted by Crippen LogP contribution is -2.36. The fourth-order valence-corrected chi connectivity index (χ4v) is 3.39. The third-order valence-corrected chi connectivity index (χ3v) is 5.13. The first-order valence-corrected chi connectivity index (χ1v) is 10.0. The van der Waals surface area contributed by atoms with E-state index in [0.717, 1.165) is 30.4 Å². The molecule has 0 saturated heterocycles. The molecule has 5 nitrogen and oxygen atoms in total. The van der Waals surface area contributed by atoms with Gasteiger partial charge in [-0.15, -0.1) is 0 Å². The summed E-state index contributed by atoms with van der Waals surface area (Å²) in [6.45, 7) is 8.87. The number of nitrogens with one attached hydrogen (secondary N) is 1. The van der Waals surface area contributed by atoms with Gasteiger partial charge in [-0.25, -0.2) is 0 Å². The second-order valence-corrected chi connectivity index (χ2v) is 7.52. The number of aromatic nitrogens is 2. The van der Waals surface area contributed by atoms with Gasteiger partial charge >= 0.3 is 0 Å². The van der Waals surface area contributed by atoms with E-state index in [1.807, 2.05) is 43.5 Å². The average Bonchev–Trinajstić information content (AvgIpc) is 3.14. The van der Waals surface area contributed by atoms with Crippen LogP contribution in [0.1, 0.15) is 38.8 Å². The monoisotopic (exact) mass is 378 g/mol. The van der Waals surface area contributed by atoms with Gasteiger partial charge in [-0.1, -0.05) is 48.5 Å². The van der Waals surface area contributed by atoms with Crippen LogP contribution < -0.4 is 5.32 Å². The van der Waals surface area contributed by atoms with Gasteiger partial charge in [-0.3, -0.25) is 14.4 Å². The predicted octanol–water partition coefficient (Wildman–Crippen LogP) is 4.01. The van der Waals surface area contributed by atoms with Crippen molar-refractivity contribution < 1.29 is 4.79 Å². The molecule has 1 amide bonds. The first kappa shape index (κ1) is 20.1. The highest BCUT2D eigenvalue weighted by Crippen LogP contribution is 2.17. The summed E-state index contributed by atoms with van der Waals surface area (Å²) in [6.07, 6.45) is 2.73. The van der Waals surface area contributed by atoms with E-state index in [1.165, 1.54) is 5.56 Å². The minimum absolute atomic E-state index is 0.00742. The van der Waals surface area contributed by atoms with Crippen molar-refractivity contribution in [3.05, 3.63) is 66.4 Å². The van der Waals surface area contributed by atoms with Crippen molar-refractivity contribution in [3.8, 4) is 0 Å². The highest BCUT2D eigenvalue weighted by atomic mass is 16.2. The summed E-state index contributed by atoms with van der Waals surface area (Å²) < 4.78 is 1.79. The zero-order chi connectivity index (χ0) is 19.9. The van der Waals surface area contributed by atoms with E-state index in [2.05, 4.69) is 53.4 Å². The first-order chi connectivity index (χ1) is 13.6. The Kier molecular flexibility index (Phi) is 6.82. The Morgan fingerprint density at radius 3 is 2.54 bits per heavy atom. The highest BCUT2D eigenvalue weighted by Gasteiger charge is 2.17. The summed E-state index contributed by atoms with van der Waals surface area (Å²) >= 11 is 0. The molecule has 0 fully saturated rings. The minimum Gasteiger partial charge on any atom is -0.354 e. The van der Waals surface area contributed by atoms with Crippen LogP contribution in [0, 0.1) is 0 Å².